The van der Waals surface area contributed by atoms with Crippen molar-refractivity contribution >= 4 is 11.5 Å². The van der Waals surface area contributed by atoms with Gasteiger partial charge in [-0.1, -0.05) is 0 Å². The molecule has 3 fully saturated rings. The van der Waals surface area contributed by atoms with Crippen molar-refractivity contribution in [3.8, 4) is 6.07 Å². The Labute approximate surface area is 116 Å². The molecule has 4 rings (SSSR count). The second kappa shape index (κ2) is 5.06. The molecule has 104 valence electrons. The van der Waals surface area contributed by atoms with Gasteiger partial charge in [0.05, 0.1) is 4.92 Å². The highest BCUT2D eigenvalue weighted by molar-refractivity contribution is 5.56. The first-order chi connectivity index (χ1) is 9.67. The first-order valence-electron chi connectivity index (χ1n) is 6.71. The van der Waals surface area contributed by atoms with Crippen molar-refractivity contribution in [2.45, 2.75) is 18.9 Å². The van der Waals surface area contributed by atoms with Crippen molar-refractivity contribution in [3.63, 3.8) is 0 Å². The predicted octanol–water partition coefficient (Wildman–Crippen LogP) is 1.37. The molecule has 4 heterocycles. The second-order valence-electron chi connectivity index (χ2n) is 5.35. The summed E-state index contributed by atoms with van der Waals surface area (Å²) < 4.78 is 0. The quantitative estimate of drug-likeness (QED) is 0.660. The zero-order valence-corrected chi connectivity index (χ0v) is 11.0. The van der Waals surface area contributed by atoms with E-state index in [4.69, 9.17) is 5.26 Å². The molecule has 0 amide bonds. The highest BCUT2D eigenvalue weighted by Crippen LogP contribution is 2.30. The number of hydrogen-bond acceptors (Lipinski definition) is 6. The molecular formula is C13H15N5O2. The van der Waals surface area contributed by atoms with Crippen LogP contribution in [0, 0.1) is 27.4 Å². The number of nitrogens with zero attached hydrogens (tertiary/aromatic N) is 4. The van der Waals surface area contributed by atoms with Gasteiger partial charge in [-0.05, 0) is 31.8 Å². The molecule has 20 heavy (non-hydrogen) atoms. The van der Waals surface area contributed by atoms with E-state index in [1.165, 1.54) is 12.3 Å². The Morgan fingerprint density at radius 2 is 2.25 bits per heavy atom. The number of rotatable bonds is 3. The summed E-state index contributed by atoms with van der Waals surface area (Å²) in [5.41, 5.74) is 0.0802. The van der Waals surface area contributed by atoms with E-state index in [9.17, 15) is 10.1 Å². The maximum Gasteiger partial charge on any atom is 0.289 e. The summed E-state index contributed by atoms with van der Waals surface area (Å²) in [4.78, 5) is 16.6. The average Bonchev–Trinajstić information content (AvgIpc) is 2.48. The molecule has 3 aliphatic rings. The van der Waals surface area contributed by atoms with Crippen LogP contribution in [0.3, 0.4) is 0 Å². The zero-order valence-electron chi connectivity index (χ0n) is 11.0. The van der Waals surface area contributed by atoms with Crippen LogP contribution in [-0.2, 0) is 0 Å². The summed E-state index contributed by atoms with van der Waals surface area (Å²) in [5.74, 6) is 1.06. The van der Waals surface area contributed by atoms with E-state index < -0.39 is 4.92 Å². The largest absolute Gasteiger partial charge is 0.365 e. The van der Waals surface area contributed by atoms with Crippen LogP contribution in [0.5, 0.6) is 0 Å². The Morgan fingerprint density at radius 1 is 1.50 bits per heavy atom. The van der Waals surface area contributed by atoms with Crippen LogP contribution in [0.25, 0.3) is 0 Å². The Hall–Kier alpha value is -2.20. The summed E-state index contributed by atoms with van der Waals surface area (Å²) >= 11 is 0. The molecule has 0 spiro atoms. The first-order valence-corrected chi connectivity index (χ1v) is 6.71. The van der Waals surface area contributed by atoms with Gasteiger partial charge in [0.25, 0.3) is 5.69 Å². The van der Waals surface area contributed by atoms with Gasteiger partial charge in [0.2, 0.25) is 0 Å². The van der Waals surface area contributed by atoms with Gasteiger partial charge in [-0.3, -0.25) is 10.1 Å². The lowest BCUT2D eigenvalue weighted by molar-refractivity contribution is -0.385. The van der Waals surface area contributed by atoms with Gasteiger partial charge in [-0.2, -0.15) is 5.26 Å². The van der Waals surface area contributed by atoms with E-state index in [0.717, 1.165) is 32.5 Å². The van der Waals surface area contributed by atoms with Crippen molar-refractivity contribution in [3.05, 3.63) is 27.9 Å². The van der Waals surface area contributed by atoms with E-state index in [1.54, 1.807) is 0 Å². The first kappa shape index (κ1) is 12.8. The van der Waals surface area contributed by atoms with Gasteiger partial charge in [0, 0.05) is 18.7 Å². The maximum atomic E-state index is 10.7. The number of piperidine rings is 3. The van der Waals surface area contributed by atoms with Crippen LogP contribution in [0.2, 0.25) is 0 Å². The standard InChI is InChI=1S/C13H15N5O2/c14-6-10-5-11(18(19)20)7-15-13(10)16-12-8-17-3-1-9(12)2-4-17/h5,7,9,12H,1-4,8H2,(H,15,16). The summed E-state index contributed by atoms with van der Waals surface area (Å²) in [5, 5.41) is 23.1. The second-order valence-corrected chi connectivity index (χ2v) is 5.35. The third kappa shape index (κ3) is 2.30. The number of hydrogen-bond donors (Lipinski definition) is 1. The highest BCUT2D eigenvalue weighted by atomic mass is 16.6. The van der Waals surface area contributed by atoms with Crippen LogP contribution < -0.4 is 5.32 Å². The summed E-state index contributed by atoms with van der Waals surface area (Å²) in [6.45, 7) is 3.23. The molecule has 7 nitrogen and oxygen atoms in total. The lowest BCUT2D eigenvalue weighted by Crippen LogP contribution is -2.53. The van der Waals surface area contributed by atoms with Crippen molar-refractivity contribution < 1.29 is 4.92 Å². The summed E-state index contributed by atoms with van der Waals surface area (Å²) in [7, 11) is 0. The molecule has 0 saturated carbocycles. The van der Waals surface area contributed by atoms with Crippen molar-refractivity contribution in [1.29, 1.82) is 5.26 Å². The number of fused-ring (bicyclic) bond motifs is 3. The van der Waals surface area contributed by atoms with Crippen molar-refractivity contribution in [1.82, 2.24) is 9.88 Å². The molecule has 1 aromatic rings. The number of nitriles is 1. The van der Waals surface area contributed by atoms with E-state index in [1.807, 2.05) is 6.07 Å². The lowest BCUT2D eigenvalue weighted by Gasteiger charge is -2.45. The Bertz CT molecular complexity index is 575. The van der Waals surface area contributed by atoms with E-state index in [-0.39, 0.29) is 17.3 Å². The molecule has 0 aromatic carbocycles. The normalized spacial score (nSPS) is 27.9. The molecule has 1 atom stereocenters. The molecule has 1 N–H and O–H groups in total. The minimum atomic E-state index is -0.536. The van der Waals surface area contributed by atoms with E-state index in [0.29, 0.717) is 11.7 Å². The van der Waals surface area contributed by atoms with Gasteiger partial charge in [0.15, 0.2) is 0 Å². The number of aromatic nitrogens is 1. The van der Waals surface area contributed by atoms with Crippen LogP contribution in [0.1, 0.15) is 18.4 Å². The SMILES string of the molecule is N#Cc1cc([N+](=O)[O-])cnc1NC1CN2CCC1CC2. The molecule has 1 aromatic heterocycles. The molecule has 1 unspecified atom stereocenters. The topological polar surface area (TPSA) is 95.1 Å². The van der Waals surface area contributed by atoms with Crippen LogP contribution in [-0.4, -0.2) is 40.5 Å². The van der Waals surface area contributed by atoms with Gasteiger partial charge in [-0.25, -0.2) is 4.98 Å². The Balaban J connectivity index is 1.81. The fraction of sp³-hybridized carbons (Fsp3) is 0.538. The number of pyridine rings is 1. The molecule has 2 bridgehead atoms. The Morgan fingerprint density at radius 3 is 2.80 bits per heavy atom. The van der Waals surface area contributed by atoms with Crippen molar-refractivity contribution in [2.24, 2.45) is 5.92 Å². The molecule has 3 saturated heterocycles. The zero-order chi connectivity index (χ0) is 14.1. The third-order valence-corrected chi connectivity index (χ3v) is 4.18. The minimum absolute atomic E-state index is 0.152. The molecule has 7 heteroatoms. The Kier molecular flexibility index (Phi) is 3.24. The summed E-state index contributed by atoms with van der Waals surface area (Å²) in [6.07, 6.45) is 3.52. The molecular weight excluding hydrogens is 258 g/mol. The maximum absolute atomic E-state index is 10.7. The van der Waals surface area contributed by atoms with E-state index in [2.05, 4.69) is 15.2 Å². The van der Waals surface area contributed by atoms with Crippen molar-refractivity contribution in [2.75, 3.05) is 25.0 Å². The monoisotopic (exact) mass is 273 g/mol. The fourth-order valence-corrected chi connectivity index (χ4v) is 3.06. The molecule has 0 aliphatic carbocycles. The molecule has 0 radical (unpaired) electrons. The number of anilines is 1. The minimum Gasteiger partial charge on any atom is -0.365 e. The van der Waals surface area contributed by atoms with Gasteiger partial charge >= 0.3 is 0 Å². The predicted molar refractivity (Wildman–Crippen MR) is 72.2 cm³/mol. The average molecular weight is 273 g/mol. The lowest BCUT2D eigenvalue weighted by atomic mass is 9.84. The third-order valence-electron chi connectivity index (χ3n) is 4.18. The molecule has 3 aliphatic heterocycles. The van der Waals surface area contributed by atoms with Crippen LogP contribution >= 0.6 is 0 Å². The van der Waals surface area contributed by atoms with Gasteiger partial charge in [0.1, 0.15) is 23.6 Å². The number of nitrogens with one attached hydrogen (secondary N) is 1. The number of nitro groups is 1. The van der Waals surface area contributed by atoms with Gasteiger partial charge in [-0.15, -0.1) is 0 Å². The van der Waals surface area contributed by atoms with Gasteiger partial charge < -0.3 is 10.2 Å². The highest BCUT2D eigenvalue weighted by Gasteiger charge is 2.34. The van der Waals surface area contributed by atoms with Crippen LogP contribution in [0.15, 0.2) is 12.3 Å². The summed E-state index contributed by atoms with van der Waals surface area (Å²) in [6, 6.07) is 3.53. The fourth-order valence-electron chi connectivity index (χ4n) is 3.06. The van der Waals surface area contributed by atoms with E-state index >= 15 is 0 Å². The van der Waals surface area contributed by atoms with Crippen LogP contribution in [0.4, 0.5) is 11.5 Å². The smallest absolute Gasteiger partial charge is 0.289 e.